The Bertz CT molecular complexity index is 1120. The number of amides is 2. The SMILES string of the molecule is CNC(=O)c1cccc(CNC(=O)c2cnn(-c3ccc(C)c(Cl)c3)c2C2CC2)c1. The van der Waals surface area contributed by atoms with E-state index in [1.165, 1.54) is 0 Å². The first-order valence-corrected chi connectivity index (χ1v) is 10.3. The van der Waals surface area contributed by atoms with E-state index in [-0.39, 0.29) is 11.8 Å². The van der Waals surface area contributed by atoms with E-state index in [0.29, 0.717) is 28.6 Å². The van der Waals surface area contributed by atoms with Crippen LogP contribution < -0.4 is 10.6 Å². The smallest absolute Gasteiger partial charge is 0.255 e. The van der Waals surface area contributed by atoms with Gasteiger partial charge in [0, 0.05) is 30.1 Å². The normalized spacial score (nSPS) is 13.2. The third kappa shape index (κ3) is 4.09. The maximum Gasteiger partial charge on any atom is 0.255 e. The molecule has 1 heterocycles. The molecule has 6 nitrogen and oxygen atoms in total. The number of aromatic nitrogens is 2. The minimum atomic E-state index is -0.174. The minimum Gasteiger partial charge on any atom is -0.355 e. The average Bonchev–Trinajstić information content (AvgIpc) is 3.51. The van der Waals surface area contributed by atoms with Gasteiger partial charge in [-0.2, -0.15) is 5.10 Å². The molecule has 0 unspecified atom stereocenters. The van der Waals surface area contributed by atoms with Crippen molar-refractivity contribution in [3.63, 3.8) is 0 Å². The van der Waals surface area contributed by atoms with Crippen molar-refractivity contribution in [1.82, 2.24) is 20.4 Å². The van der Waals surface area contributed by atoms with E-state index >= 15 is 0 Å². The molecule has 3 aromatic rings. The number of rotatable bonds is 6. The van der Waals surface area contributed by atoms with Gasteiger partial charge in [-0.1, -0.05) is 29.8 Å². The molecule has 30 heavy (non-hydrogen) atoms. The van der Waals surface area contributed by atoms with Gasteiger partial charge in [0.15, 0.2) is 0 Å². The first-order valence-electron chi connectivity index (χ1n) is 9.91. The lowest BCUT2D eigenvalue weighted by Gasteiger charge is -2.11. The Kier molecular flexibility index (Phi) is 5.59. The number of halogens is 1. The van der Waals surface area contributed by atoms with Gasteiger partial charge in [-0.3, -0.25) is 9.59 Å². The lowest BCUT2D eigenvalue weighted by atomic mass is 10.1. The van der Waals surface area contributed by atoms with Crippen LogP contribution in [0.1, 0.15) is 56.3 Å². The summed E-state index contributed by atoms with van der Waals surface area (Å²) >= 11 is 6.29. The second-order valence-electron chi connectivity index (χ2n) is 7.53. The number of nitrogens with zero attached hydrogens (tertiary/aromatic N) is 2. The molecule has 0 radical (unpaired) electrons. The molecular formula is C23H23ClN4O2. The van der Waals surface area contributed by atoms with E-state index < -0.39 is 0 Å². The van der Waals surface area contributed by atoms with Gasteiger partial charge < -0.3 is 10.6 Å². The maximum atomic E-state index is 12.9. The fraction of sp³-hybridized carbons (Fsp3) is 0.261. The second-order valence-corrected chi connectivity index (χ2v) is 7.93. The van der Waals surface area contributed by atoms with Crippen molar-refractivity contribution in [3.8, 4) is 5.69 Å². The standard InChI is InChI=1S/C23H23ClN4O2/c1-14-6-9-18(11-20(14)24)28-21(16-7-8-16)19(13-27-28)23(30)26-12-15-4-3-5-17(10-15)22(29)25-2/h3-6,9-11,13,16H,7-8,12H2,1-2H3,(H,25,29)(H,26,30). The molecule has 1 fully saturated rings. The van der Waals surface area contributed by atoms with Gasteiger partial charge in [-0.25, -0.2) is 4.68 Å². The van der Waals surface area contributed by atoms with Crippen molar-refractivity contribution in [3.05, 3.63) is 81.6 Å². The molecule has 1 aromatic heterocycles. The molecule has 0 bridgehead atoms. The van der Waals surface area contributed by atoms with Gasteiger partial charge >= 0.3 is 0 Å². The number of hydrogen-bond donors (Lipinski definition) is 2. The third-order valence-electron chi connectivity index (χ3n) is 5.28. The number of benzene rings is 2. The third-order valence-corrected chi connectivity index (χ3v) is 5.69. The van der Waals surface area contributed by atoms with Crippen molar-refractivity contribution in [2.45, 2.75) is 32.2 Å². The molecule has 2 aromatic carbocycles. The van der Waals surface area contributed by atoms with Gasteiger partial charge in [0.2, 0.25) is 0 Å². The average molecular weight is 423 g/mol. The summed E-state index contributed by atoms with van der Waals surface area (Å²) in [6, 6.07) is 13.0. The predicted octanol–water partition coefficient (Wildman–Crippen LogP) is 4.00. The number of aryl methyl sites for hydroxylation is 1. The van der Waals surface area contributed by atoms with Crippen LogP contribution in [0, 0.1) is 6.92 Å². The highest BCUT2D eigenvalue weighted by molar-refractivity contribution is 6.31. The summed E-state index contributed by atoms with van der Waals surface area (Å²) in [6.07, 6.45) is 3.71. The number of carbonyl (C=O) groups is 2. The molecule has 7 heteroatoms. The van der Waals surface area contributed by atoms with E-state index in [1.54, 1.807) is 31.4 Å². The summed E-state index contributed by atoms with van der Waals surface area (Å²) in [5.74, 6) is -0.00570. The van der Waals surface area contributed by atoms with Crippen LogP contribution in [0.3, 0.4) is 0 Å². The van der Waals surface area contributed by atoms with Crippen LogP contribution in [-0.4, -0.2) is 28.6 Å². The highest BCUT2D eigenvalue weighted by Gasteiger charge is 2.33. The summed E-state index contributed by atoms with van der Waals surface area (Å²) in [7, 11) is 1.59. The van der Waals surface area contributed by atoms with Gasteiger partial charge in [0.1, 0.15) is 0 Å². The Morgan fingerprint density at radius 2 is 1.97 bits per heavy atom. The van der Waals surface area contributed by atoms with Crippen LogP contribution in [0.15, 0.2) is 48.7 Å². The zero-order valence-electron chi connectivity index (χ0n) is 16.9. The summed E-state index contributed by atoms with van der Waals surface area (Å²) in [5.41, 5.74) is 4.77. The van der Waals surface area contributed by atoms with E-state index in [9.17, 15) is 9.59 Å². The Labute approximate surface area is 180 Å². The molecule has 2 N–H and O–H groups in total. The fourth-order valence-electron chi connectivity index (χ4n) is 3.45. The van der Waals surface area contributed by atoms with E-state index in [0.717, 1.165) is 35.3 Å². The van der Waals surface area contributed by atoms with Crippen LogP contribution in [0.25, 0.3) is 5.69 Å². The molecule has 1 saturated carbocycles. The fourth-order valence-corrected chi connectivity index (χ4v) is 3.62. The molecule has 0 saturated heterocycles. The maximum absolute atomic E-state index is 12.9. The Hall–Kier alpha value is -3.12. The van der Waals surface area contributed by atoms with Crippen molar-refractivity contribution in [2.75, 3.05) is 7.05 Å². The molecule has 0 spiro atoms. The highest BCUT2D eigenvalue weighted by atomic mass is 35.5. The van der Waals surface area contributed by atoms with Crippen molar-refractivity contribution in [1.29, 1.82) is 0 Å². The van der Waals surface area contributed by atoms with Crippen LogP contribution in [0.4, 0.5) is 0 Å². The van der Waals surface area contributed by atoms with Crippen molar-refractivity contribution >= 4 is 23.4 Å². The second kappa shape index (κ2) is 8.32. The van der Waals surface area contributed by atoms with Crippen LogP contribution >= 0.6 is 11.6 Å². The van der Waals surface area contributed by atoms with Gasteiger partial charge in [-0.15, -0.1) is 0 Å². The van der Waals surface area contributed by atoms with Crippen LogP contribution in [-0.2, 0) is 6.54 Å². The quantitative estimate of drug-likeness (QED) is 0.630. The minimum absolute atomic E-state index is 0.155. The summed E-state index contributed by atoms with van der Waals surface area (Å²) in [4.78, 5) is 24.8. The highest BCUT2D eigenvalue weighted by Crippen LogP contribution is 2.42. The molecule has 0 atom stereocenters. The van der Waals surface area contributed by atoms with Crippen molar-refractivity contribution in [2.24, 2.45) is 0 Å². The lowest BCUT2D eigenvalue weighted by Crippen LogP contribution is -2.24. The number of hydrogen-bond acceptors (Lipinski definition) is 3. The van der Waals surface area contributed by atoms with Gasteiger partial charge in [0.05, 0.1) is 23.1 Å². The van der Waals surface area contributed by atoms with Crippen LogP contribution in [0.5, 0.6) is 0 Å². The number of nitrogens with one attached hydrogen (secondary N) is 2. The molecule has 2 amide bonds. The van der Waals surface area contributed by atoms with Crippen LogP contribution in [0.2, 0.25) is 5.02 Å². The largest absolute Gasteiger partial charge is 0.355 e. The summed E-state index contributed by atoms with van der Waals surface area (Å²) in [5, 5.41) is 10.7. The van der Waals surface area contributed by atoms with E-state index in [1.807, 2.05) is 35.9 Å². The molecular weight excluding hydrogens is 400 g/mol. The topological polar surface area (TPSA) is 76.0 Å². The Morgan fingerprint density at radius 3 is 2.67 bits per heavy atom. The molecule has 154 valence electrons. The summed E-state index contributed by atoms with van der Waals surface area (Å²) < 4.78 is 1.82. The monoisotopic (exact) mass is 422 g/mol. The van der Waals surface area contributed by atoms with Gasteiger partial charge in [-0.05, 0) is 55.2 Å². The molecule has 0 aliphatic heterocycles. The van der Waals surface area contributed by atoms with Crippen molar-refractivity contribution < 1.29 is 9.59 Å². The zero-order chi connectivity index (χ0) is 21.3. The zero-order valence-corrected chi connectivity index (χ0v) is 17.7. The molecule has 1 aliphatic carbocycles. The Balaban J connectivity index is 1.56. The Morgan fingerprint density at radius 1 is 1.17 bits per heavy atom. The number of carbonyl (C=O) groups excluding carboxylic acids is 2. The lowest BCUT2D eigenvalue weighted by molar-refractivity contribution is 0.0947. The van der Waals surface area contributed by atoms with E-state index in [2.05, 4.69) is 15.7 Å². The van der Waals surface area contributed by atoms with Gasteiger partial charge in [0.25, 0.3) is 11.8 Å². The summed E-state index contributed by atoms with van der Waals surface area (Å²) in [6.45, 7) is 2.28. The van der Waals surface area contributed by atoms with E-state index in [4.69, 9.17) is 11.6 Å². The predicted molar refractivity (Wildman–Crippen MR) is 116 cm³/mol. The first kappa shape index (κ1) is 20.2. The molecule has 4 rings (SSSR count). The first-order chi connectivity index (χ1) is 14.5. The molecule has 1 aliphatic rings.